The Bertz CT molecular complexity index is 405. The molecule has 0 radical (unpaired) electrons. The highest BCUT2D eigenvalue weighted by Gasteiger charge is 2.52. The number of carbonyl (C=O) groups excluding carboxylic acids is 1. The highest BCUT2D eigenvalue weighted by Crippen LogP contribution is 2.46. The van der Waals surface area contributed by atoms with Crippen molar-refractivity contribution in [2.24, 2.45) is 11.8 Å². The van der Waals surface area contributed by atoms with Gasteiger partial charge < -0.3 is 14.8 Å². The summed E-state index contributed by atoms with van der Waals surface area (Å²) >= 11 is 0. The highest BCUT2D eigenvalue weighted by atomic mass is 35.5. The quantitative estimate of drug-likeness (QED) is 0.509. The molecule has 1 amide bonds. The summed E-state index contributed by atoms with van der Waals surface area (Å²) in [6, 6.07) is 0.685. The lowest BCUT2D eigenvalue weighted by atomic mass is 9.70. The van der Waals surface area contributed by atoms with Gasteiger partial charge in [0.15, 0.2) is 0 Å². The molecule has 5 heteroatoms. The van der Waals surface area contributed by atoms with Gasteiger partial charge in [0, 0.05) is 37.3 Å². The maximum absolute atomic E-state index is 13.1. The lowest BCUT2D eigenvalue weighted by Gasteiger charge is -2.63. The van der Waals surface area contributed by atoms with Gasteiger partial charge in [0.05, 0.1) is 19.1 Å². The predicted molar refractivity (Wildman–Crippen MR) is 79.2 cm³/mol. The molecule has 0 saturated carbocycles. The largest absolute Gasteiger partial charge is 0.633 e. The second kappa shape index (κ2) is 5.15. The van der Waals surface area contributed by atoms with E-state index in [0.717, 1.165) is 51.7 Å². The Morgan fingerprint density at radius 2 is 2.00 bits per heavy atom. The maximum atomic E-state index is 13.1. The summed E-state index contributed by atoms with van der Waals surface area (Å²) in [5, 5.41) is 13.1. The summed E-state index contributed by atoms with van der Waals surface area (Å²) in [5.74, 6) is 1.32. The van der Waals surface area contributed by atoms with E-state index in [9.17, 15) is 10.0 Å². The fraction of sp³-hybridized carbons (Fsp3) is 0.933. The molecule has 0 aromatic carbocycles. The summed E-state index contributed by atoms with van der Waals surface area (Å²) in [5.41, 5.74) is 0. The van der Waals surface area contributed by atoms with E-state index in [1.54, 1.807) is 0 Å². The Morgan fingerprint density at radius 3 is 2.85 bits per heavy atom. The minimum Gasteiger partial charge on any atom is -0.633 e. The Kier molecular flexibility index (Phi) is 3.76. The van der Waals surface area contributed by atoms with Crippen LogP contribution in [0.15, 0.2) is 0 Å². The SMILES string of the molecule is Cl.O=C1CCCC2C3CC(CN12)C1CCCC[N+]1([O-])C3. The third-order valence-corrected chi connectivity index (χ3v) is 6.17. The minimum atomic E-state index is 0. The van der Waals surface area contributed by atoms with Gasteiger partial charge in [-0.15, -0.1) is 12.4 Å². The summed E-state index contributed by atoms with van der Waals surface area (Å²) in [4.78, 5) is 14.3. The first-order valence-electron chi connectivity index (χ1n) is 8.05. The van der Waals surface area contributed by atoms with Crippen molar-refractivity contribution in [1.82, 2.24) is 4.90 Å². The van der Waals surface area contributed by atoms with Crippen LogP contribution in [0, 0.1) is 17.0 Å². The zero-order valence-corrected chi connectivity index (χ0v) is 12.8. The van der Waals surface area contributed by atoms with E-state index in [2.05, 4.69) is 4.90 Å². The number of halogens is 1. The molecule has 0 spiro atoms. The van der Waals surface area contributed by atoms with E-state index in [1.165, 1.54) is 12.8 Å². The minimum absolute atomic E-state index is 0. The fourth-order valence-corrected chi connectivity index (χ4v) is 5.40. The van der Waals surface area contributed by atoms with Crippen LogP contribution in [0.2, 0.25) is 0 Å². The van der Waals surface area contributed by atoms with Gasteiger partial charge in [-0.1, -0.05) is 0 Å². The van der Waals surface area contributed by atoms with Crippen molar-refractivity contribution in [1.29, 1.82) is 0 Å². The zero-order valence-electron chi connectivity index (χ0n) is 12.0. The second-order valence-electron chi connectivity index (χ2n) is 7.18. The van der Waals surface area contributed by atoms with Gasteiger partial charge in [-0.05, 0) is 32.1 Å². The summed E-state index contributed by atoms with van der Waals surface area (Å²) < 4.78 is 0.0772. The van der Waals surface area contributed by atoms with Gasteiger partial charge in [0.25, 0.3) is 0 Å². The molecule has 4 saturated heterocycles. The number of hydroxylamine groups is 3. The summed E-state index contributed by atoms with van der Waals surface area (Å²) in [7, 11) is 0. The molecular weight excluding hydrogens is 276 g/mol. The number of hydrogen-bond donors (Lipinski definition) is 0. The molecule has 0 aromatic heterocycles. The lowest BCUT2D eigenvalue weighted by molar-refractivity contribution is -0.925. The molecule has 4 heterocycles. The van der Waals surface area contributed by atoms with Gasteiger partial charge in [0.1, 0.15) is 0 Å². The van der Waals surface area contributed by atoms with Crippen LogP contribution in [0.4, 0.5) is 0 Å². The number of piperidine rings is 4. The zero-order chi connectivity index (χ0) is 13.0. The molecule has 0 aromatic rings. The third-order valence-electron chi connectivity index (χ3n) is 6.17. The molecule has 4 nitrogen and oxygen atoms in total. The molecule has 0 N–H and O–H groups in total. The first-order chi connectivity index (χ1) is 9.17. The number of amides is 1. The molecule has 4 aliphatic heterocycles. The molecule has 2 bridgehead atoms. The van der Waals surface area contributed by atoms with Crippen LogP contribution < -0.4 is 0 Å². The fourth-order valence-electron chi connectivity index (χ4n) is 5.40. The average molecular weight is 301 g/mol. The van der Waals surface area contributed by atoms with Gasteiger partial charge >= 0.3 is 0 Å². The summed E-state index contributed by atoms with van der Waals surface area (Å²) in [6.07, 6.45) is 7.52. The maximum Gasteiger partial charge on any atom is 0.222 e. The Morgan fingerprint density at radius 1 is 1.15 bits per heavy atom. The van der Waals surface area contributed by atoms with Crippen LogP contribution in [0.1, 0.15) is 44.9 Å². The highest BCUT2D eigenvalue weighted by molar-refractivity contribution is 5.85. The van der Waals surface area contributed by atoms with Crippen LogP contribution >= 0.6 is 12.4 Å². The normalized spacial score (nSPS) is 47.0. The van der Waals surface area contributed by atoms with Gasteiger partial charge in [0.2, 0.25) is 5.91 Å². The molecule has 114 valence electrons. The molecule has 4 fully saturated rings. The van der Waals surface area contributed by atoms with Crippen molar-refractivity contribution in [2.45, 2.75) is 57.0 Å². The van der Waals surface area contributed by atoms with E-state index in [0.29, 0.717) is 29.8 Å². The van der Waals surface area contributed by atoms with Crippen LogP contribution in [-0.4, -0.2) is 47.2 Å². The van der Waals surface area contributed by atoms with Gasteiger partial charge in [-0.2, -0.15) is 0 Å². The first-order valence-corrected chi connectivity index (χ1v) is 8.05. The topological polar surface area (TPSA) is 43.4 Å². The monoisotopic (exact) mass is 300 g/mol. The molecule has 0 aliphatic carbocycles. The molecule has 20 heavy (non-hydrogen) atoms. The number of nitrogens with zero attached hydrogens (tertiary/aromatic N) is 2. The molecular formula is C15H25ClN2O2. The van der Waals surface area contributed by atoms with Crippen LogP contribution in [-0.2, 0) is 4.79 Å². The molecule has 4 aliphatic rings. The molecule has 5 atom stereocenters. The van der Waals surface area contributed by atoms with Gasteiger partial charge in [-0.25, -0.2) is 0 Å². The first kappa shape index (κ1) is 14.6. The molecule has 5 unspecified atom stereocenters. The van der Waals surface area contributed by atoms with E-state index in [1.807, 2.05) is 0 Å². The van der Waals surface area contributed by atoms with Crippen LogP contribution in [0.3, 0.4) is 0 Å². The average Bonchev–Trinajstić information content (AvgIpc) is 2.39. The lowest BCUT2D eigenvalue weighted by Crippen LogP contribution is -2.69. The smallest absolute Gasteiger partial charge is 0.222 e. The standard InChI is InChI=1S/C15H24N2O2.ClH/c18-15-6-3-4-13-12-8-11(9-16(13)15)14-5-1-2-7-17(14,19)10-12;/h11-14H,1-10H2;1H. The van der Waals surface area contributed by atoms with E-state index in [-0.39, 0.29) is 17.1 Å². The van der Waals surface area contributed by atoms with E-state index < -0.39 is 0 Å². The predicted octanol–water partition coefficient (Wildman–Crippen LogP) is 2.31. The van der Waals surface area contributed by atoms with Crippen molar-refractivity contribution in [2.75, 3.05) is 19.6 Å². The second-order valence-corrected chi connectivity index (χ2v) is 7.18. The van der Waals surface area contributed by atoms with Gasteiger partial charge in [-0.3, -0.25) is 4.79 Å². The van der Waals surface area contributed by atoms with E-state index in [4.69, 9.17) is 0 Å². The Labute approximate surface area is 127 Å². The third kappa shape index (κ3) is 2.08. The van der Waals surface area contributed by atoms with Crippen molar-refractivity contribution in [3.8, 4) is 0 Å². The summed E-state index contributed by atoms with van der Waals surface area (Å²) in [6.45, 7) is 2.50. The van der Waals surface area contributed by atoms with E-state index >= 15 is 0 Å². The number of quaternary nitrogens is 1. The van der Waals surface area contributed by atoms with Crippen molar-refractivity contribution in [3.63, 3.8) is 0 Å². The number of hydrogen-bond acceptors (Lipinski definition) is 2. The molecule has 4 rings (SSSR count). The number of carbonyl (C=O) groups is 1. The number of fused-ring (bicyclic) bond motifs is 6. The van der Waals surface area contributed by atoms with Crippen molar-refractivity contribution >= 4 is 18.3 Å². The Hall–Kier alpha value is -0.320. The van der Waals surface area contributed by atoms with Crippen LogP contribution in [0.25, 0.3) is 0 Å². The number of rotatable bonds is 0. The van der Waals surface area contributed by atoms with Crippen LogP contribution in [0.5, 0.6) is 0 Å². The van der Waals surface area contributed by atoms with Crippen molar-refractivity contribution < 1.29 is 9.44 Å². The Balaban J connectivity index is 0.00000121. The van der Waals surface area contributed by atoms with Crippen molar-refractivity contribution in [3.05, 3.63) is 5.21 Å².